The maximum Gasteiger partial charge on any atom is -0.00933 e. The Morgan fingerprint density at radius 1 is 0.643 bits per heavy atom. The van der Waals surface area contributed by atoms with Gasteiger partial charge in [0, 0.05) is 0 Å². The summed E-state index contributed by atoms with van der Waals surface area (Å²) in [5, 5.41) is 0. The van der Waals surface area contributed by atoms with Gasteiger partial charge < -0.3 is 0 Å². The van der Waals surface area contributed by atoms with Crippen molar-refractivity contribution in [2.45, 2.75) is 89.9 Å². The Hall–Kier alpha value is -0.780. The number of fused-ring (bicyclic) bond motifs is 6. The molecule has 0 heterocycles. The van der Waals surface area contributed by atoms with E-state index in [0.29, 0.717) is 0 Å². The quantitative estimate of drug-likeness (QED) is 0.438. The van der Waals surface area contributed by atoms with Crippen molar-refractivity contribution in [3.05, 3.63) is 41.4 Å². The normalized spacial score (nSPS) is 45.8. The van der Waals surface area contributed by atoms with E-state index in [2.05, 4.69) is 30.2 Å². The molecule has 0 aromatic rings. The molecule has 0 heteroatoms. The van der Waals surface area contributed by atoms with E-state index >= 15 is 0 Å². The van der Waals surface area contributed by atoms with Crippen molar-refractivity contribution in [2.24, 2.45) is 41.4 Å². The largest absolute Gasteiger partial charge is 0.0842 e. The average Bonchev–Trinajstić information content (AvgIpc) is 2.78. The molecule has 6 aliphatic carbocycles. The Bertz CT molecular complexity index is 678. The average molecular weight is 376 g/mol. The van der Waals surface area contributed by atoms with Crippen molar-refractivity contribution in [3.8, 4) is 0 Å². The van der Waals surface area contributed by atoms with E-state index < -0.39 is 0 Å². The lowest BCUT2D eigenvalue weighted by atomic mass is 9.51. The minimum absolute atomic E-state index is 0.849. The zero-order valence-electron chi connectivity index (χ0n) is 17.8. The molecule has 0 aromatic carbocycles. The van der Waals surface area contributed by atoms with Gasteiger partial charge in [-0.1, -0.05) is 62.0 Å². The number of hydrogen-bond acceptors (Lipinski definition) is 0. The maximum atomic E-state index is 2.61. The highest BCUT2D eigenvalue weighted by Gasteiger charge is 2.49. The third-order valence-corrected chi connectivity index (χ3v) is 9.99. The van der Waals surface area contributed by atoms with Crippen molar-refractivity contribution < 1.29 is 0 Å². The molecule has 6 rings (SSSR count). The molecule has 0 N–H and O–H groups in total. The maximum absolute atomic E-state index is 2.61. The second-order valence-electron chi connectivity index (χ2n) is 11.0. The minimum Gasteiger partial charge on any atom is -0.0842 e. The van der Waals surface area contributed by atoms with Crippen molar-refractivity contribution in [3.63, 3.8) is 0 Å². The van der Waals surface area contributed by atoms with Crippen molar-refractivity contribution >= 4 is 0 Å². The van der Waals surface area contributed by atoms with Gasteiger partial charge in [0.05, 0.1) is 0 Å². The lowest BCUT2D eigenvalue weighted by molar-refractivity contribution is 0.0295. The molecule has 1 radical (unpaired) electrons. The van der Waals surface area contributed by atoms with Gasteiger partial charge in [0.15, 0.2) is 0 Å². The summed E-state index contributed by atoms with van der Waals surface area (Å²) in [5.74, 6) is 8.89. The van der Waals surface area contributed by atoms with Crippen LogP contribution in [0.4, 0.5) is 0 Å². The van der Waals surface area contributed by atoms with Gasteiger partial charge in [0.25, 0.3) is 0 Å². The predicted molar refractivity (Wildman–Crippen MR) is 118 cm³/mol. The van der Waals surface area contributed by atoms with Crippen molar-refractivity contribution in [2.75, 3.05) is 0 Å². The topological polar surface area (TPSA) is 0 Å². The smallest absolute Gasteiger partial charge is 0.00933 e. The van der Waals surface area contributed by atoms with E-state index in [9.17, 15) is 0 Å². The molecule has 0 nitrogen and oxygen atoms in total. The predicted octanol–water partition coefficient (Wildman–Crippen LogP) is 7.83. The van der Waals surface area contributed by atoms with Gasteiger partial charge in [0.1, 0.15) is 0 Å². The highest BCUT2D eigenvalue weighted by Crippen LogP contribution is 2.59. The molecule has 28 heavy (non-hydrogen) atoms. The Kier molecular flexibility index (Phi) is 4.82. The second-order valence-corrected chi connectivity index (χ2v) is 11.0. The third kappa shape index (κ3) is 2.92. The summed E-state index contributed by atoms with van der Waals surface area (Å²) >= 11 is 0. The van der Waals surface area contributed by atoms with E-state index in [-0.39, 0.29) is 0 Å². The van der Waals surface area contributed by atoms with E-state index in [4.69, 9.17) is 0 Å². The molecule has 4 fully saturated rings. The van der Waals surface area contributed by atoms with Crippen LogP contribution in [-0.4, -0.2) is 0 Å². The molecule has 4 saturated carbocycles. The minimum atomic E-state index is 0.849. The standard InChI is InChI=1S/C28H39/c1-3-9-21-19(7-1)15-17-27-23(21)11-5-13-25(27)26-14-6-12-24-22-10-4-2-8-20(22)16-18-28(24)26/h1,7,15,17,20-25,28H,2-6,8-14,16,18H2. The molecule has 6 aliphatic rings. The molecule has 0 spiro atoms. The van der Waals surface area contributed by atoms with Gasteiger partial charge in [-0.25, -0.2) is 0 Å². The van der Waals surface area contributed by atoms with Crippen LogP contribution >= 0.6 is 0 Å². The fraction of sp³-hybridized carbons (Fsp3) is 0.750. The fourth-order valence-corrected chi connectivity index (χ4v) is 8.90. The first-order chi connectivity index (χ1) is 13.9. The zero-order chi connectivity index (χ0) is 18.5. The molecule has 151 valence electrons. The molecule has 0 saturated heterocycles. The Labute approximate surface area is 172 Å². The number of rotatable bonds is 1. The molecular formula is C28H39. The van der Waals surface area contributed by atoms with Crippen LogP contribution in [0.3, 0.4) is 0 Å². The number of hydrogen-bond donors (Lipinski definition) is 0. The first kappa shape index (κ1) is 18.0. The molecule has 0 aliphatic heterocycles. The Morgan fingerprint density at radius 3 is 2.57 bits per heavy atom. The molecule has 0 aromatic heterocycles. The number of allylic oxidation sites excluding steroid dienone is 6. The zero-order valence-corrected chi connectivity index (χ0v) is 17.8. The van der Waals surface area contributed by atoms with Gasteiger partial charge in [0.2, 0.25) is 0 Å². The van der Waals surface area contributed by atoms with Gasteiger partial charge >= 0.3 is 0 Å². The van der Waals surface area contributed by atoms with Gasteiger partial charge in [-0.2, -0.15) is 0 Å². The van der Waals surface area contributed by atoms with Crippen LogP contribution in [0.25, 0.3) is 0 Å². The summed E-state index contributed by atoms with van der Waals surface area (Å²) in [7, 11) is 0. The molecule has 7 unspecified atom stereocenters. The van der Waals surface area contributed by atoms with Crippen LogP contribution in [-0.2, 0) is 0 Å². The summed E-state index contributed by atoms with van der Waals surface area (Å²) in [6, 6.07) is 0. The highest BCUT2D eigenvalue weighted by molar-refractivity contribution is 5.40. The Balaban J connectivity index is 1.28. The summed E-state index contributed by atoms with van der Waals surface area (Å²) in [6.45, 7) is 0. The lowest BCUT2D eigenvalue weighted by Crippen LogP contribution is -2.44. The SMILES string of the molecule is C1=CC2=CC=C3C([C]4CCCC5C4CCC4CCCCC45)CCCC3C2CC1. The lowest BCUT2D eigenvalue weighted by Gasteiger charge is -2.54. The second kappa shape index (κ2) is 7.48. The van der Waals surface area contributed by atoms with E-state index in [1.54, 1.807) is 37.7 Å². The van der Waals surface area contributed by atoms with Crippen LogP contribution in [0.1, 0.15) is 89.9 Å². The first-order valence-corrected chi connectivity index (χ1v) is 12.8. The van der Waals surface area contributed by atoms with Gasteiger partial charge in [-0.15, -0.1) is 0 Å². The molecular weight excluding hydrogens is 336 g/mol. The van der Waals surface area contributed by atoms with Crippen molar-refractivity contribution in [1.82, 2.24) is 0 Å². The summed E-state index contributed by atoms with van der Waals surface area (Å²) in [6.07, 6.45) is 30.9. The van der Waals surface area contributed by atoms with Gasteiger partial charge in [-0.3, -0.25) is 0 Å². The van der Waals surface area contributed by atoms with E-state index in [0.717, 1.165) is 41.4 Å². The van der Waals surface area contributed by atoms with Crippen LogP contribution in [0.5, 0.6) is 0 Å². The Morgan fingerprint density at radius 2 is 1.57 bits per heavy atom. The molecule has 7 atom stereocenters. The van der Waals surface area contributed by atoms with E-state index in [1.807, 2.05) is 5.57 Å². The van der Waals surface area contributed by atoms with Crippen LogP contribution < -0.4 is 0 Å². The molecule has 0 bridgehead atoms. The van der Waals surface area contributed by atoms with Crippen LogP contribution in [0.15, 0.2) is 35.5 Å². The van der Waals surface area contributed by atoms with E-state index in [1.165, 1.54) is 57.8 Å². The summed E-state index contributed by atoms with van der Waals surface area (Å²) in [5.41, 5.74) is 3.53. The fourth-order valence-electron chi connectivity index (χ4n) is 8.90. The van der Waals surface area contributed by atoms with Crippen LogP contribution in [0, 0.1) is 47.3 Å². The highest BCUT2D eigenvalue weighted by atomic mass is 14.5. The van der Waals surface area contributed by atoms with Gasteiger partial charge in [-0.05, 0) is 111 Å². The first-order valence-electron chi connectivity index (χ1n) is 12.8. The monoisotopic (exact) mass is 375 g/mol. The third-order valence-electron chi connectivity index (χ3n) is 9.99. The van der Waals surface area contributed by atoms with Crippen molar-refractivity contribution in [1.29, 1.82) is 0 Å². The van der Waals surface area contributed by atoms with Crippen LogP contribution in [0.2, 0.25) is 0 Å². The molecule has 0 amide bonds. The summed E-state index contributed by atoms with van der Waals surface area (Å²) < 4.78 is 0. The summed E-state index contributed by atoms with van der Waals surface area (Å²) in [4.78, 5) is 0.